The predicted octanol–water partition coefficient (Wildman–Crippen LogP) is 2.41. The topological polar surface area (TPSA) is 75.4 Å². The van der Waals surface area contributed by atoms with Crippen LogP contribution in [0.4, 0.5) is 5.69 Å². The van der Waals surface area contributed by atoms with E-state index >= 15 is 0 Å². The van der Waals surface area contributed by atoms with E-state index in [1.165, 1.54) is 6.42 Å². The molecule has 1 heterocycles. The van der Waals surface area contributed by atoms with Crippen LogP contribution in [-0.4, -0.2) is 35.3 Å². The second-order valence-corrected chi connectivity index (χ2v) is 5.70. The van der Waals surface area contributed by atoms with Crippen molar-refractivity contribution in [2.45, 2.75) is 45.2 Å². The monoisotopic (exact) mass is 325 g/mol. The minimum absolute atomic E-state index is 0. The van der Waals surface area contributed by atoms with Crippen molar-refractivity contribution in [2.24, 2.45) is 5.73 Å². The number of nitrogens with zero attached hydrogens (tertiary/aromatic N) is 1. The summed E-state index contributed by atoms with van der Waals surface area (Å²) in [6, 6.07) is 6.72. The standard InChI is InChI=1S/C16H23N3O2.ClH/c1-11-5-3-4-10-19(11)16(21)13-6-8-14(9-7-13)18-15(20)12(2)17;/h6-9,11-12H,3-5,10,17H2,1-2H3,(H,18,20);1H/t11?,12-;/m0./s1. The van der Waals surface area contributed by atoms with Crippen molar-refractivity contribution in [3.05, 3.63) is 29.8 Å². The molecule has 1 saturated heterocycles. The van der Waals surface area contributed by atoms with Crippen LogP contribution in [0.2, 0.25) is 0 Å². The largest absolute Gasteiger partial charge is 0.336 e. The molecule has 0 spiro atoms. The molecule has 1 aromatic carbocycles. The lowest BCUT2D eigenvalue weighted by atomic mass is 10.0. The van der Waals surface area contributed by atoms with E-state index in [4.69, 9.17) is 5.73 Å². The molecule has 0 radical (unpaired) electrons. The highest BCUT2D eigenvalue weighted by Crippen LogP contribution is 2.20. The molecule has 2 amide bonds. The number of carbonyl (C=O) groups excluding carboxylic acids is 2. The number of rotatable bonds is 3. The van der Waals surface area contributed by atoms with E-state index in [0.717, 1.165) is 19.4 Å². The summed E-state index contributed by atoms with van der Waals surface area (Å²) in [5.41, 5.74) is 6.81. The Balaban J connectivity index is 0.00000242. The highest BCUT2D eigenvalue weighted by atomic mass is 35.5. The summed E-state index contributed by atoms with van der Waals surface area (Å²) in [6.07, 6.45) is 3.32. The molecule has 3 N–H and O–H groups in total. The fourth-order valence-corrected chi connectivity index (χ4v) is 2.52. The second-order valence-electron chi connectivity index (χ2n) is 5.70. The number of nitrogens with one attached hydrogen (secondary N) is 1. The molecule has 0 saturated carbocycles. The minimum Gasteiger partial charge on any atom is -0.336 e. The predicted molar refractivity (Wildman–Crippen MR) is 90.3 cm³/mol. The second kappa shape index (κ2) is 8.15. The molecule has 122 valence electrons. The van der Waals surface area contributed by atoms with E-state index in [9.17, 15) is 9.59 Å². The highest BCUT2D eigenvalue weighted by Gasteiger charge is 2.24. The Labute approximate surface area is 137 Å². The van der Waals surface area contributed by atoms with Crippen molar-refractivity contribution in [3.8, 4) is 0 Å². The number of halogens is 1. The number of likely N-dealkylation sites (tertiary alicyclic amines) is 1. The Morgan fingerprint density at radius 3 is 2.45 bits per heavy atom. The van der Waals surface area contributed by atoms with E-state index < -0.39 is 6.04 Å². The van der Waals surface area contributed by atoms with Gasteiger partial charge in [0.15, 0.2) is 0 Å². The number of anilines is 1. The van der Waals surface area contributed by atoms with Crippen molar-refractivity contribution in [3.63, 3.8) is 0 Å². The zero-order valence-corrected chi connectivity index (χ0v) is 13.9. The fraction of sp³-hybridized carbons (Fsp3) is 0.500. The van der Waals surface area contributed by atoms with Crippen LogP contribution in [0.5, 0.6) is 0 Å². The van der Waals surface area contributed by atoms with Gasteiger partial charge in [-0.3, -0.25) is 9.59 Å². The fourth-order valence-electron chi connectivity index (χ4n) is 2.52. The first-order valence-electron chi connectivity index (χ1n) is 7.46. The third-order valence-corrected chi connectivity index (χ3v) is 3.88. The van der Waals surface area contributed by atoms with E-state index in [1.807, 2.05) is 4.90 Å². The molecular weight excluding hydrogens is 302 g/mol. The zero-order valence-electron chi connectivity index (χ0n) is 13.0. The van der Waals surface area contributed by atoms with Crippen LogP contribution < -0.4 is 11.1 Å². The third kappa shape index (κ3) is 4.45. The Hall–Kier alpha value is -1.59. The van der Waals surface area contributed by atoms with E-state index in [-0.39, 0.29) is 24.2 Å². The zero-order chi connectivity index (χ0) is 15.4. The number of hydrogen-bond donors (Lipinski definition) is 2. The first kappa shape index (κ1) is 18.5. The minimum atomic E-state index is -0.555. The van der Waals surface area contributed by atoms with Gasteiger partial charge < -0.3 is 16.0 Å². The van der Waals surface area contributed by atoms with Gasteiger partial charge in [-0.15, -0.1) is 12.4 Å². The Morgan fingerprint density at radius 2 is 1.91 bits per heavy atom. The quantitative estimate of drug-likeness (QED) is 0.896. The SMILES string of the molecule is CC1CCCCN1C(=O)c1ccc(NC(=O)[C@H](C)N)cc1.Cl. The van der Waals surface area contributed by atoms with Crippen LogP contribution in [0, 0.1) is 0 Å². The van der Waals surface area contributed by atoms with Crippen LogP contribution in [0.25, 0.3) is 0 Å². The van der Waals surface area contributed by atoms with Crippen molar-refractivity contribution in [2.75, 3.05) is 11.9 Å². The maximum absolute atomic E-state index is 12.5. The van der Waals surface area contributed by atoms with Gasteiger partial charge >= 0.3 is 0 Å². The third-order valence-electron chi connectivity index (χ3n) is 3.88. The average Bonchev–Trinajstić information content (AvgIpc) is 2.47. The lowest BCUT2D eigenvalue weighted by Crippen LogP contribution is -2.42. The maximum Gasteiger partial charge on any atom is 0.254 e. The molecule has 22 heavy (non-hydrogen) atoms. The molecule has 5 nitrogen and oxygen atoms in total. The summed E-state index contributed by atoms with van der Waals surface area (Å²) in [5.74, 6) is -0.175. The Kier molecular flexibility index (Phi) is 6.84. The van der Waals surface area contributed by atoms with E-state index in [2.05, 4.69) is 12.2 Å². The summed E-state index contributed by atoms with van der Waals surface area (Å²) < 4.78 is 0. The van der Waals surface area contributed by atoms with Gasteiger partial charge in [0.05, 0.1) is 6.04 Å². The highest BCUT2D eigenvalue weighted by molar-refractivity contribution is 5.97. The maximum atomic E-state index is 12.5. The molecule has 1 aromatic rings. The van der Waals surface area contributed by atoms with Gasteiger partial charge in [-0.25, -0.2) is 0 Å². The van der Waals surface area contributed by atoms with Crippen molar-refractivity contribution in [1.82, 2.24) is 4.90 Å². The molecule has 1 aliphatic rings. The number of hydrogen-bond acceptors (Lipinski definition) is 3. The summed E-state index contributed by atoms with van der Waals surface area (Å²) >= 11 is 0. The van der Waals surface area contributed by atoms with Gasteiger partial charge in [0, 0.05) is 23.8 Å². The lowest BCUT2D eigenvalue weighted by molar-refractivity contribution is -0.117. The molecule has 6 heteroatoms. The molecule has 2 rings (SSSR count). The molecule has 0 bridgehead atoms. The molecule has 1 unspecified atom stereocenters. The van der Waals surface area contributed by atoms with Crippen LogP contribution in [0.3, 0.4) is 0 Å². The van der Waals surface area contributed by atoms with Gasteiger partial charge in [-0.1, -0.05) is 0 Å². The van der Waals surface area contributed by atoms with Crippen molar-refractivity contribution in [1.29, 1.82) is 0 Å². The van der Waals surface area contributed by atoms with Crippen molar-refractivity contribution >= 4 is 29.9 Å². The van der Waals surface area contributed by atoms with Gasteiger partial charge in [-0.05, 0) is 57.4 Å². The molecular formula is C16H24ClN3O2. The first-order valence-corrected chi connectivity index (χ1v) is 7.46. The van der Waals surface area contributed by atoms with Crippen molar-refractivity contribution < 1.29 is 9.59 Å². The molecule has 1 aliphatic heterocycles. The molecule has 0 aliphatic carbocycles. The summed E-state index contributed by atoms with van der Waals surface area (Å²) in [7, 11) is 0. The smallest absolute Gasteiger partial charge is 0.254 e. The molecule has 1 fully saturated rings. The number of nitrogens with two attached hydrogens (primary N) is 1. The van der Waals surface area contributed by atoms with Gasteiger partial charge in [0.1, 0.15) is 0 Å². The number of carbonyl (C=O) groups is 2. The van der Waals surface area contributed by atoms with Gasteiger partial charge in [0.2, 0.25) is 5.91 Å². The summed E-state index contributed by atoms with van der Waals surface area (Å²) in [4.78, 5) is 25.9. The number of benzene rings is 1. The van der Waals surface area contributed by atoms with Gasteiger partial charge in [-0.2, -0.15) is 0 Å². The number of amides is 2. The first-order chi connectivity index (χ1) is 9.99. The van der Waals surface area contributed by atoms with Crippen LogP contribution >= 0.6 is 12.4 Å². The summed E-state index contributed by atoms with van der Waals surface area (Å²) in [6.45, 7) is 4.54. The Morgan fingerprint density at radius 1 is 1.27 bits per heavy atom. The normalized spacial score (nSPS) is 19.0. The molecule has 2 atom stereocenters. The molecule has 0 aromatic heterocycles. The van der Waals surface area contributed by atoms with E-state index in [1.54, 1.807) is 31.2 Å². The lowest BCUT2D eigenvalue weighted by Gasteiger charge is -2.33. The van der Waals surface area contributed by atoms with Crippen LogP contribution in [0.15, 0.2) is 24.3 Å². The number of piperidine rings is 1. The summed E-state index contributed by atoms with van der Waals surface area (Å²) in [5, 5.41) is 2.71. The van der Waals surface area contributed by atoms with Gasteiger partial charge in [0.25, 0.3) is 5.91 Å². The van der Waals surface area contributed by atoms with Crippen LogP contribution in [-0.2, 0) is 4.79 Å². The Bertz CT molecular complexity index is 517. The van der Waals surface area contributed by atoms with E-state index in [0.29, 0.717) is 17.3 Å². The van der Waals surface area contributed by atoms with Crippen LogP contribution in [0.1, 0.15) is 43.5 Å². The average molecular weight is 326 g/mol.